The van der Waals surface area contributed by atoms with Crippen LogP contribution >= 0.6 is 0 Å². The second-order valence-electron chi connectivity index (χ2n) is 4.50. The van der Waals surface area contributed by atoms with Crippen molar-refractivity contribution in [3.05, 3.63) is 41.7 Å². The highest BCUT2D eigenvalue weighted by Crippen LogP contribution is 2.22. The van der Waals surface area contributed by atoms with Crippen LogP contribution in [0.3, 0.4) is 0 Å². The maximum Gasteiger partial charge on any atom is 0.137 e. The summed E-state index contributed by atoms with van der Waals surface area (Å²) < 4.78 is 0. The molecule has 0 saturated heterocycles. The molecule has 1 aromatic heterocycles. The summed E-state index contributed by atoms with van der Waals surface area (Å²) in [7, 11) is 1.95. The molecule has 2 rings (SSSR count). The zero-order valence-electron chi connectivity index (χ0n) is 10.6. The number of imidazole rings is 1. The molecule has 0 saturated carbocycles. The summed E-state index contributed by atoms with van der Waals surface area (Å²) >= 11 is 0. The van der Waals surface area contributed by atoms with Gasteiger partial charge in [-0.15, -0.1) is 0 Å². The average molecular weight is 229 g/mol. The molecule has 3 heteroatoms. The molecule has 0 radical (unpaired) electrons. The number of aromatic amines is 1. The van der Waals surface area contributed by atoms with E-state index in [0.717, 1.165) is 23.6 Å². The van der Waals surface area contributed by atoms with Gasteiger partial charge in [0.05, 0.1) is 11.4 Å². The lowest BCUT2D eigenvalue weighted by Crippen LogP contribution is -2.08. The average Bonchev–Trinajstić information content (AvgIpc) is 2.75. The van der Waals surface area contributed by atoms with Gasteiger partial charge in [0.2, 0.25) is 0 Å². The van der Waals surface area contributed by atoms with Gasteiger partial charge in [0.15, 0.2) is 0 Å². The fraction of sp³-hybridized carbons (Fsp3) is 0.357. The van der Waals surface area contributed by atoms with Gasteiger partial charge in [-0.25, -0.2) is 4.98 Å². The second-order valence-corrected chi connectivity index (χ2v) is 4.50. The van der Waals surface area contributed by atoms with Crippen molar-refractivity contribution in [2.75, 3.05) is 7.05 Å². The van der Waals surface area contributed by atoms with E-state index in [0.29, 0.717) is 5.92 Å². The predicted molar refractivity (Wildman–Crippen MR) is 70.9 cm³/mol. The van der Waals surface area contributed by atoms with E-state index in [1.54, 1.807) is 0 Å². The van der Waals surface area contributed by atoms with Crippen LogP contribution in [0, 0.1) is 0 Å². The first-order chi connectivity index (χ1) is 8.22. The Kier molecular flexibility index (Phi) is 3.59. The molecule has 1 heterocycles. The summed E-state index contributed by atoms with van der Waals surface area (Å²) in [5.41, 5.74) is 3.47. The van der Waals surface area contributed by atoms with Crippen LogP contribution in [0.2, 0.25) is 0 Å². The van der Waals surface area contributed by atoms with Crippen molar-refractivity contribution in [3.63, 3.8) is 0 Å². The fourth-order valence-corrected chi connectivity index (χ4v) is 1.94. The van der Waals surface area contributed by atoms with Gasteiger partial charge >= 0.3 is 0 Å². The van der Waals surface area contributed by atoms with Crippen LogP contribution in [0.4, 0.5) is 0 Å². The zero-order chi connectivity index (χ0) is 12.3. The number of nitrogens with one attached hydrogen (secondary N) is 2. The normalized spacial score (nSPS) is 11.1. The summed E-state index contributed by atoms with van der Waals surface area (Å²) in [6.45, 7) is 5.17. The van der Waals surface area contributed by atoms with Crippen LogP contribution < -0.4 is 5.32 Å². The van der Waals surface area contributed by atoms with Crippen molar-refractivity contribution >= 4 is 0 Å². The van der Waals surface area contributed by atoms with Crippen LogP contribution in [-0.4, -0.2) is 17.0 Å². The SMILES string of the molecule is CNCc1[nH]c(-c2ccccc2)nc1C(C)C. The van der Waals surface area contributed by atoms with Crippen molar-refractivity contribution in [1.82, 2.24) is 15.3 Å². The van der Waals surface area contributed by atoms with E-state index in [1.165, 1.54) is 5.69 Å². The van der Waals surface area contributed by atoms with Gasteiger partial charge in [-0.2, -0.15) is 0 Å². The van der Waals surface area contributed by atoms with Crippen LogP contribution in [0.5, 0.6) is 0 Å². The molecule has 2 aromatic rings. The lowest BCUT2D eigenvalue weighted by atomic mass is 10.1. The van der Waals surface area contributed by atoms with E-state index in [1.807, 2.05) is 25.2 Å². The first-order valence-corrected chi connectivity index (χ1v) is 6.01. The molecule has 0 fully saturated rings. The fourth-order valence-electron chi connectivity index (χ4n) is 1.94. The summed E-state index contributed by atoms with van der Waals surface area (Å²) in [5.74, 6) is 1.40. The van der Waals surface area contributed by atoms with Crippen LogP contribution in [0.25, 0.3) is 11.4 Å². The Balaban J connectivity index is 2.40. The molecule has 0 spiro atoms. The van der Waals surface area contributed by atoms with Gasteiger partial charge in [-0.1, -0.05) is 44.2 Å². The number of rotatable bonds is 4. The summed E-state index contributed by atoms with van der Waals surface area (Å²) in [6, 6.07) is 10.2. The van der Waals surface area contributed by atoms with Crippen LogP contribution in [0.15, 0.2) is 30.3 Å². The smallest absolute Gasteiger partial charge is 0.137 e. The molecule has 0 bridgehead atoms. The maximum atomic E-state index is 4.70. The highest BCUT2D eigenvalue weighted by molar-refractivity contribution is 5.55. The second kappa shape index (κ2) is 5.15. The molecule has 1 aromatic carbocycles. The third-order valence-electron chi connectivity index (χ3n) is 2.76. The van der Waals surface area contributed by atoms with Crippen molar-refractivity contribution in [2.45, 2.75) is 26.3 Å². The Bertz CT molecular complexity index is 471. The zero-order valence-corrected chi connectivity index (χ0v) is 10.6. The molecule has 0 aliphatic carbocycles. The van der Waals surface area contributed by atoms with E-state index >= 15 is 0 Å². The van der Waals surface area contributed by atoms with Crippen LogP contribution in [-0.2, 0) is 6.54 Å². The van der Waals surface area contributed by atoms with Gasteiger partial charge in [0.25, 0.3) is 0 Å². The summed E-state index contributed by atoms with van der Waals surface area (Å²) in [4.78, 5) is 8.11. The summed E-state index contributed by atoms with van der Waals surface area (Å²) in [5, 5.41) is 3.17. The molecule has 0 aliphatic rings. The van der Waals surface area contributed by atoms with Crippen molar-refractivity contribution < 1.29 is 0 Å². The van der Waals surface area contributed by atoms with E-state index in [2.05, 4.69) is 36.3 Å². The molecule has 0 unspecified atom stereocenters. The third-order valence-corrected chi connectivity index (χ3v) is 2.76. The van der Waals surface area contributed by atoms with E-state index in [4.69, 9.17) is 4.98 Å². The summed E-state index contributed by atoms with van der Waals surface area (Å²) in [6.07, 6.45) is 0. The topological polar surface area (TPSA) is 40.7 Å². The van der Waals surface area contributed by atoms with E-state index in [9.17, 15) is 0 Å². The largest absolute Gasteiger partial charge is 0.341 e. The monoisotopic (exact) mass is 229 g/mol. The predicted octanol–water partition coefficient (Wildman–Crippen LogP) is 2.92. The third kappa shape index (κ3) is 2.56. The Morgan fingerprint density at radius 1 is 1.24 bits per heavy atom. The first kappa shape index (κ1) is 11.9. The molecule has 90 valence electrons. The highest BCUT2D eigenvalue weighted by atomic mass is 15.0. The number of hydrogen-bond donors (Lipinski definition) is 2. The number of H-pyrrole nitrogens is 1. The molecular formula is C14H19N3. The Morgan fingerprint density at radius 3 is 2.53 bits per heavy atom. The minimum absolute atomic E-state index is 0.437. The first-order valence-electron chi connectivity index (χ1n) is 6.01. The standard InChI is InChI=1S/C14H19N3/c1-10(2)13-12(9-15-3)16-14(17-13)11-7-5-4-6-8-11/h4-8,10,15H,9H2,1-3H3,(H,16,17). The van der Waals surface area contributed by atoms with Crippen molar-refractivity contribution in [3.8, 4) is 11.4 Å². The van der Waals surface area contributed by atoms with Gasteiger partial charge in [0.1, 0.15) is 5.82 Å². The molecule has 17 heavy (non-hydrogen) atoms. The van der Waals surface area contributed by atoms with Crippen molar-refractivity contribution in [2.24, 2.45) is 0 Å². The van der Waals surface area contributed by atoms with E-state index in [-0.39, 0.29) is 0 Å². The molecule has 0 atom stereocenters. The number of hydrogen-bond acceptors (Lipinski definition) is 2. The minimum atomic E-state index is 0.437. The molecule has 2 N–H and O–H groups in total. The van der Waals surface area contributed by atoms with Gasteiger partial charge in [0, 0.05) is 12.1 Å². The maximum absolute atomic E-state index is 4.70. The lowest BCUT2D eigenvalue weighted by molar-refractivity contribution is 0.750. The van der Waals surface area contributed by atoms with Gasteiger partial charge in [-0.3, -0.25) is 0 Å². The van der Waals surface area contributed by atoms with Gasteiger partial charge in [-0.05, 0) is 13.0 Å². The lowest BCUT2D eigenvalue weighted by Gasteiger charge is -2.03. The number of aromatic nitrogens is 2. The quantitative estimate of drug-likeness (QED) is 0.846. The van der Waals surface area contributed by atoms with Gasteiger partial charge < -0.3 is 10.3 Å². The van der Waals surface area contributed by atoms with Crippen molar-refractivity contribution in [1.29, 1.82) is 0 Å². The molecule has 0 aliphatic heterocycles. The Labute approximate surface area is 102 Å². The highest BCUT2D eigenvalue weighted by Gasteiger charge is 2.13. The minimum Gasteiger partial charge on any atom is -0.341 e. The van der Waals surface area contributed by atoms with Crippen LogP contribution in [0.1, 0.15) is 31.2 Å². The molecule has 0 amide bonds. The number of benzene rings is 1. The Morgan fingerprint density at radius 2 is 1.94 bits per heavy atom. The molecular weight excluding hydrogens is 210 g/mol. The Hall–Kier alpha value is -1.61. The van der Waals surface area contributed by atoms with E-state index < -0.39 is 0 Å². The molecule has 3 nitrogen and oxygen atoms in total. The number of nitrogens with zero attached hydrogens (tertiary/aromatic N) is 1.